The number of carbonyl (C=O) groups is 2. The molecular formula is C19H24ClNO3. The minimum Gasteiger partial charge on any atom is -0.481 e. The van der Waals surface area contributed by atoms with Crippen molar-refractivity contribution in [3.05, 3.63) is 34.9 Å². The molecule has 4 nitrogen and oxygen atoms in total. The molecule has 130 valence electrons. The number of likely N-dealkylation sites (tertiary alicyclic amines) is 1. The van der Waals surface area contributed by atoms with Crippen LogP contribution in [-0.2, 0) is 15.0 Å². The zero-order valence-electron chi connectivity index (χ0n) is 14.0. The quantitative estimate of drug-likeness (QED) is 0.904. The molecule has 5 heteroatoms. The fourth-order valence-corrected chi connectivity index (χ4v) is 4.50. The smallest absolute Gasteiger partial charge is 0.306 e. The number of nitrogens with zero attached hydrogens (tertiary/aromatic N) is 1. The Kier molecular flexibility index (Phi) is 4.86. The van der Waals surface area contributed by atoms with Crippen LogP contribution in [-0.4, -0.2) is 35.0 Å². The van der Waals surface area contributed by atoms with Crippen LogP contribution in [0.3, 0.4) is 0 Å². The predicted molar refractivity (Wildman–Crippen MR) is 93.1 cm³/mol. The first-order valence-electron chi connectivity index (χ1n) is 8.72. The zero-order chi connectivity index (χ0) is 17.3. The molecule has 1 saturated carbocycles. The maximum Gasteiger partial charge on any atom is 0.306 e. The lowest BCUT2D eigenvalue weighted by Gasteiger charge is -2.40. The Bertz CT molecular complexity index is 622. The molecule has 1 aliphatic heterocycles. The van der Waals surface area contributed by atoms with Crippen molar-refractivity contribution >= 4 is 23.5 Å². The highest BCUT2D eigenvalue weighted by Crippen LogP contribution is 2.43. The minimum atomic E-state index is -0.747. The van der Waals surface area contributed by atoms with E-state index in [1.54, 1.807) is 0 Å². The van der Waals surface area contributed by atoms with Gasteiger partial charge >= 0.3 is 5.97 Å². The van der Waals surface area contributed by atoms with E-state index in [9.17, 15) is 14.7 Å². The molecular weight excluding hydrogens is 326 g/mol. The Balaban J connectivity index is 1.83. The van der Waals surface area contributed by atoms with Gasteiger partial charge in [0.05, 0.1) is 11.3 Å². The number of carbonyl (C=O) groups excluding carboxylic acids is 1. The van der Waals surface area contributed by atoms with Gasteiger partial charge in [-0.1, -0.05) is 43.5 Å². The Morgan fingerprint density at radius 1 is 1.21 bits per heavy atom. The van der Waals surface area contributed by atoms with Gasteiger partial charge < -0.3 is 10.0 Å². The van der Waals surface area contributed by atoms with Crippen molar-refractivity contribution in [3.8, 4) is 0 Å². The van der Waals surface area contributed by atoms with E-state index in [1.807, 2.05) is 36.1 Å². The topological polar surface area (TPSA) is 57.6 Å². The van der Waals surface area contributed by atoms with E-state index in [0.717, 1.165) is 31.2 Å². The lowest BCUT2D eigenvalue weighted by molar-refractivity contribution is -0.150. The summed E-state index contributed by atoms with van der Waals surface area (Å²) >= 11 is 6.01. The summed E-state index contributed by atoms with van der Waals surface area (Å²) in [6, 6.07) is 7.64. The molecule has 2 unspecified atom stereocenters. The highest BCUT2D eigenvalue weighted by Gasteiger charge is 2.46. The highest BCUT2D eigenvalue weighted by atomic mass is 35.5. The summed E-state index contributed by atoms with van der Waals surface area (Å²) < 4.78 is 0. The number of carboxylic acid groups (broad SMARTS) is 1. The average molecular weight is 350 g/mol. The largest absolute Gasteiger partial charge is 0.481 e. The van der Waals surface area contributed by atoms with Gasteiger partial charge in [-0.3, -0.25) is 9.59 Å². The molecule has 1 heterocycles. The van der Waals surface area contributed by atoms with Crippen molar-refractivity contribution in [2.45, 2.75) is 44.4 Å². The minimum absolute atomic E-state index is 0.0103. The molecule has 2 aliphatic rings. The normalized spacial score (nSPS) is 26.3. The van der Waals surface area contributed by atoms with Crippen LogP contribution in [0, 0.1) is 11.8 Å². The SMILES string of the molecule is CC1CN(C(=O)C2(c3ccc(Cl)cc3)CCCC2)CCC1C(=O)O. The van der Waals surface area contributed by atoms with Gasteiger partial charge in [-0.25, -0.2) is 0 Å². The first-order valence-corrected chi connectivity index (χ1v) is 9.10. The van der Waals surface area contributed by atoms with E-state index in [0.29, 0.717) is 24.5 Å². The van der Waals surface area contributed by atoms with Crippen molar-refractivity contribution < 1.29 is 14.7 Å². The molecule has 0 spiro atoms. The van der Waals surface area contributed by atoms with Gasteiger partial charge in [-0.05, 0) is 42.9 Å². The summed E-state index contributed by atoms with van der Waals surface area (Å²) in [6.07, 6.45) is 4.37. The lowest BCUT2D eigenvalue weighted by atomic mass is 9.76. The fraction of sp³-hybridized carbons (Fsp3) is 0.579. The first kappa shape index (κ1) is 17.3. The number of aliphatic carboxylic acids is 1. The number of amides is 1. The number of hydrogen-bond donors (Lipinski definition) is 1. The van der Waals surface area contributed by atoms with Gasteiger partial charge in [0.15, 0.2) is 0 Å². The van der Waals surface area contributed by atoms with Gasteiger partial charge in [-0.2, -0.15) is 0 Å². The Morgan fingerprint density at radius 3 is 2.38 bits per heavy atom. The fourth-order valence-electron chi connectivity index (χ4n) is 4.37. The van der Waals surface area contributed by atoms with E-state index in [1.165, 1.54) is 0 Å². The van der Waals surface area contributed by atoms with Gasteiger partial charge in [0.1, 0.15) is 0 Å². The van der Waals surface area contributed by atoms with Gasteiger partial charge in [-0.15, -0.1) is 0 Å². The van der Waals surface area contributed by atoms with Crippen LogP contribution in [0.15, 0.2) is 24.3 Å². The molecule has 3 rings (SSSR count). The summed E-state index contributed by atoms with van der Waals surface area (Å²) in [5.41, 5.74) is 0.586. The summed E-state index contributed by atoms with van der Waals surface area (Å²) in [5, 5.41) is 9.96. The average Bonchev–Trinajstić information content (AvgIpc) is 3.05. The maximum atomic E-state index is 13.4. The predicted octanol–water partition coefficient (Wildman–Crippen LogP) is 3.72. The highest BCUT2D eigenvalue weighted by molar-refractivity contribution is 6.30. The second kappa shape index (κ2) is 6.75. The first-order chi connectivity index (χ1) is 11.4. The van der Waals surface area contributed by atoms with Crippen molar-refractivity contribution in [2.75, 3.05) is 13.1 Å². The van der Waals surface area contributed by atoms with E-state index < -0.39 is 11.4 Å². The number of hydrogen-bond acceptors (Lipinski definition) is 2. The van der Waals surface area contributed by atoms with E-state index in [2.05, 4.69) is 0 Å². The molecule has 24 heavy (non-hydrogen) atoms. The number of piperidine rings is 1. The molecule has 1 aromatic carbocycles. The second-order valence-electron chi connectivity index (χ2n) is 7.26. The molecule has 2 atom stereocenters. The molecule has 1 aliphatic carbocycles. The lowest BCUT2D eigenvalue weighted by Crippen LogP contribution is -2.51. The Hall–Kier alpha value is -1.55. The Labute approximate surface area is 147 Å². The monoisotopic (exact) mass is 349 g/mol. The van der Waals surface area contributed by atoms with Crippen LogP contribution in [0.4, 0.5) is 0 Å². The third-order valence-electron chi connectivity index (χ3n) is 5.77. The number of benzene rings is 1. The van der Waals surface area contributed by atoms with E-state index >= 15 is 0 Å². The molecule has 1 amide bonds. The molecule has 1 aromatic rings. The number of halogens is 1. The maximum absolute atomic E-state index is 13.4. The van der Waals surface area contributed by atoms with Crippen LogP contribution < -0.4 is 0 Å². The van der Waals surface area contributed by atoms with Crippen LogP contribution >= 0.6 is 11.6 Å². The summed E-state index contributed by atoms with van der Waals surface area (Å²) in [5.74, 6) is -0.936. The van der Waals surface area contributed by atoms with Crippen LogP contribution in [0.5, 0.6) is 0 Å². The van der Waals surface area contributed by atoms with E-state index in [-0.39, 0.29) is 17.7 Å². The van der Waals surface area contributed by atoms with Gasteiger partial charge in [0.2, 0.25) is 5.91 Å². The third kappa shape index (κ3) is 3.04. The third-order valence-corrected chi connectivity index (χ3v) is 6.02. The van der Waals surface area contributed by atoms with E-state index in [4.69, 9.17) is 11.6 Å². The van der Waals surface area contributed by atoms with Gasteiger partial charge in [0, 0.05) is 18.1 Å². The molecule has 1 N–H and O–H groups in total. The molecule has 1 saturated heterocycles. The standard InChI is InChI=1S/C19H24ClNO3/c1-13-12-21(11-8-16(13)17(22)23)18(24)19(9-2-3-10-19)14-4-6-15(20)7-5-14/h4-7,13,16H,2-3,8-12H2,1H3,(H,22,23). The van der Waals surface area contributed by atoms with Crippen molar-refractivity contribution in [1.82, 2.24) is 4.90 Å². The van der Waals surface area contributed by atoms with Crippen molar-refractivity contribution in [1.29, 1.82) is 0 Å². The summed E-state index contributed by atoms with van der Waals surface area (Å²) in [6.45, 7) is 3.00. The molecule has 0 radical (unpaired) electrons. The van der Waals surface area contributed by atoms with Crippen molar-refractivity contribution in [3.63, 3.8) is 0 Å². The van der Waals surface area contributed by atoms with Crippen LogP contribution in [0.25, 0.3) is 0 Å². The molecule has 0 aromatic heterocycles. The summed E-state index contributed by atoms with van der Waals surface area (Å²) in [4.78, 5) is 26.6. The van der Waals surface area contributed by atoms with Crippen LogP contribution in [0.1, 0.15) is 44.6 Å². The molecule has 0 bridgehead atoms. The number of carboxylic acids is 1. The Morgan fingerprint density at radius 2 is 1.83 bits per heavy atom. The zero-order valence-corrected chi connectivity index (χ0v) is 14.8. The van der Waals surface area contributed by atoms with Gasteiger partial charge in [0.25, 0.3) is 0 Å². The molecule has 2 fully saturated rings. The van der Waals surface area contributed by atoms with Crippen molar-refractivity contribution in [2.24, 2.45) is 11.8 Å². The van der Waals surface area contributed by atoms with Crippen LogP contribution in [0.2, 0.25) is 5.02 Å². The second-order valence-corrected chi connectivity index (χ2v) is 7.69. The summed E-state index contributed by atoms with van der Waals surface area (Å²) in [7, 11) is 0. The number of rotatable bonds is 3.